The van der Waals surface area contributed by atoms with Gasteiger partial charge in [0.2, 0.25) is 0 Å². The first kappa shape index (κ1) is 12.5. The molecule has 17 heavy (non-hydrogen) atoms. The van der Waals surface area contributed by atoms with E-state index in [9.17, 15) is 8.42 Å². The number of aryl methyl sites for hydroxylation is 1. The molecule has 1 fully saturated rings. The van der Waals surface area contributed by atoms with Gasteiger partial charge in [0.15, 0.2) is 0 Å². The lowest BCUT2D eigenvalue weighted by Gasteiger charge is -2.07. The number of nitrogens with zero attached hydrogens (tertiary/aromatic N) is 3. The van der Waals surface area contributed by atoms with Crippen molar-refractivity contribution in [3.8, 4) is 0 Å². The van der Waals surface area contributed by atoms with E-state index in [0.717, 1.165) is 19.3 Å². The number of rotatable bonds is 6. The lowest BCUT2D eigenvalue weighted by atomic mass is 10.3. The molecule has 1 aromatic heterocycles. The van der Waals surface area contributed by atoms with E-state index in [4.69, 9.17) is 9.88 Å². The monoisotopic (exact) mass is 260 g/mol. The van der Waals surface area contributed by atoms with Crippen molar-refractivity contribution < 1.29 is 13.2 Å². The Kier molecular flexibility index (Phi) is 3.45. The molecule has 0 unspecified atom stereocenters. The zero-order valence-corrected chi connectivity index (χ0v) is 10.5. The third kappa shape index (κ3) is 2.82. The van der Waals surface area contributed by atoms with Crippen molar-refractivity contribution in [2.24, 2.45) is 5.14 Å². The van der Waals surface area contributed by atoms with Crippen molar-refractivity contribution in [1.29, 1.82) is 0 Å². The second-order valence-electron chi connectivity index (χ2n) is 4.14. The highest BCUT2D eigenvalue weighted by Gasteiger charge is 2.32. The Bertz CT molecular complexity index is 492. The molecule has 2 rings (SSSR count). The van der Waals surface area contributed by atoms with Gasteiger partial charge in [-0.15, -0.1) is 10.2 Å². The largest absolute Gasteiger partial charge is 0.385 e. The maximum Gasteiger partial charge on any atom is 0.273 e. The molecule has 0 aliphatic heterocycles. The maximum absolute atomic E-state index is 11.4. The van der Waals surface area contributed by atoms with E-state index < -0.39 is 10.0 Å². The van der Waals surface area contributed by atoms with E-state index in [0.29, 0.717) is 18.9 Å². The Balaban J connectivity index is 2.24. The minimum Gasteiger partial charge on any atom is -0.385 e. The molecule has 1 heterocycles. The van der Waals surface area contributed by atoms with Gasteiger partial charge >= 0.3 is 0 Å². The summed E-state index contributed by atoms with van der Waals surface area (Å²) in [5, 5.41) is 12.6. The van der Waals surface area contributed by atoms with Crippen molar-refractivity contribution >= 4 is 10.0 Å². The number of hydrogen-bond donors (Lipinski definition) is 1. The van der Waals surface area contributed by atoms with E-state index in [1.54, 1.807) is 11.7 Å². The van der Waals surface area contributed by atoms with Crippen LogP contribution >= 0.6 is 0 Å². The molecule has 0 spiro atoms. The third-order valence-corrected chi connectivity index (χ3v) is 3.44. The second kappa shape index (κ2) is 4.71. The Hall–Kier alpha value is -0.990. The Morgan fingerprint density at radius 3 is 2.71 bits per heavy atom. The Labute approximate surface area is 100 Å². The highest BCUT2D eigenvalue weighted by atomic mass is 32.2. The van der Waals surface area contributed by atoms with Gasteiger partial charge in [-0.05, 0) is 19.3 Å². The summed E-state index contributed by atoms with van der Waals surface area (Å²) in [6, 6.07) is 0.191. The fourth-order valence-electron chi connectivity index (χ4n) is 1.75. The van der Waals surface area contributed by atoms with E-state index in [2.05, 4.69) is 10.2 Å². The summed E-state index contributed by atoms with van der Waals surface area (Å²) in [7, 11) is -2.16. The molecule has 0 radical (unpaired) electrons. The van der Waals surface area contributed by atoms with Gasteiger partial charge < -0.3 is 4.74 Å². The molecule has 0 amide bonds. The van der Waals surface area contributed by atoms with Gasteiger partial charge in [-0.3, -0.25) is 4.57 Å². The molecule has 1 aromatic rings. The smallest absolute Gasteiger partial charge is 0.273 e. The van der Waals surface area contributed by atoms with Crippen molar-refractivity contribution in [3.05, 3.63) is 5.82 Å². The standard InChI is InChI=1S/C9H16N4O3S/c1-16-6-2-3-8-11-12-9(17(10,14)15)13(8)7-4-5-7/h7H,2-6H2,1H3,(H2,10,14,15). The summed E-state index contributed by atoms with van der Waals surface area (Å²) in [4.78, 5) is 0. The molecule has 0 aromatic carbocycles. The number of methoxy groups -OCH3 is 1. The van der Waals surface area contributed by atoms with Crippen molar-refractivity contribution in [2.75, 3.05) is 13.7 Å². The second-order valence-corrected chi connectivity index (χ2v) is 5.60. The highest BCUT2D eigenvalue weighted by Crippen LogP contribution is 2.37. The Morgan fingerprint density at radius 1 is 1.47 bits per heavy atom. The summed E-state index contributed by atoms with van der Waals surface area (Å²) in [6.07, 6.45) is 3.34. The van der Waals surface area contributed by atoms with Crippen molar-refractivity contribution in [2.45, 2.75) is 36.9 Å². The van der Waals surface area contributed by atoms with Crippen LogP contribution in [0.4, 0.5) is 0 Å². The van der Waals surface area contributed by atoms with E-state index in [1.165, 1.54) is 0 Å². The molecule has 0 saturated heterocycles. The average Bonchev–Trinajstić information content (AvgIpc) is 2.98. The molecular weight excluding hydrogens is 244 g/mol. The summed E-state index contributed by atoms with van der Waals surface area (Å²) >= 11 is 0. The lowest BCUT2D eigenvalue weighted by Crippen LogP contribution is -2.19. The van der Waals surface area contributed by atoms with Gasteiger partial charge in [0.25, 0.3) is 15.2 Å². The number of hydrogen-bond acceptors (Lipinski definition) is 5. The van der Waals surface area contributed by atoms with Crippen LogP contribution in [0.15, 0.2) is 5.16 Å². The molecule has 2 N–H and O–H groups in total. The number of nitrogens with two attached hydrogens (primary N) is 1. The number of ether oxygens (including phenoxy) is 1. The van der Waals surface area contributed by atoms with Crippen molar-refractivity contribution in [3.63, 3.8) is 0 Å². The van der Waals surface area contributed by atoms with Crippen LogP contribution in [0.5, 0.6) is 0 Å². The molecule has 0 atom stereocenters. The van der Waals surface area contributed by atoms with Crippen LogP contribution in [0.25, 0.3) is 0 Å². The fraction of sp³-hybridized carbons (Fsp3) is 0.778. The molecule has 1 saturated carbocycles. The number of sulfonamides is 1. The van der Waals surface area contributed by atoms with Crippen LogP contribution in [-0.2, 0) is 21.2 Å². The summed E-state index contributed by atoms with van der Waals surface area (Å²) in [5.41, 5.74) is 0. The Morgan fingerprint density at radius 2 is 2.18 bits per heavy atom. The van der Waals surface area contributed by atoms with Gasteiger partial charge in [-0.1, -0.05) is 0 Å². The van der Waals surface area contributed by atoms with Crippen molar-refractivity contribution in [1.82, 2.24) is 14.8 Å². The molecule has 8 heteroatoms. The molecule has 1 aliphatic rings. The average molecular weight is 260 g/mol. The molecular formula is C9H16N4O3S. The van der Waals surface area contributed by atoms with E-state index >= 15 is 0 Å². The first-order chi connectivity index (χ1) is 8.04. The summed E-state index contributed by atoms with van der Waals surface area (Å²) in [5.74, 6) is 0.675. The van der Waals surface area contributed by atoms with Gasteiger partial charge in [0.1, 0.15) is 5.82 Å². The number of primary sulfonamides is 1. The lowest BCUT2D eigenvalue weighted by molar-refractivity contribution is 0.194. The third-order valence-electron chi connectivity index (χ3n) is 2.65. The zero-order valence-electron chi connectivity index (χ0n) is 9.66. The maximum atomic E-state index is 11.4. The number of aromatic nitrogens is 3. The van der Waals surface area contributed by atoms with Gasteiger partial charge in [0.05, 0.1) is 0 Å². The predicted octanol–water partition coefficient (Wildman–Crippen LogP) is -0.161. The van der Waals surface area contributed by atoms with Gasteiger partial charge in [0, 0.05) is 26.2 Å². The predicted molar refractivity (Wildman–Crippen MR) is 59.9 cm³/mol. The minimum absolute atomic E-state index is 0.118. The zero-order chi connectivity index (χ0) is 12.5. The normalized spacial score (nSPS) is 16.4. The highest BCUT2D eigenvalue weighted by molar-refractivity contribution is 7.89. The van der Waals surface area contributed by atoms with Crippen LogP contribution in [-0.4, -0.2) is 36.9 Å². The van der Waals surface area contributed by atoms with Gasteiger partial charge in [-0.2, -0.15) is 0 Å². The van der Waals surface area contributed by atoms with E-state index in [-0.39, 0.29) is 11.2 Å². The molecule has 0 bridgehead atoms. The van der Waals surface area contributed by atoms with Gasteiger partial charge in [-0.25, -0.2) is 13.6 Å². The summed E-state index contributed by atoms with van der Waals surface area (Å²) in [6.45, 7) is 0.613. The topological polar surface area (TPSA) is 100 Å². The van der Waals surface area contributed by atoms with Crippen LogP contribution in [0.3, 0.4) is 0 Å². The molecule has 7 nitrogen and oxygen atoms in total. The minimum atomic E-state index is -3.79. The van der Waals surface area contributed by atoms with Crippen LogP contribution < -0.4 is 5.14 Å². The fourth-order valence-corrected chi connectivity index (χ4v) is 2.43. The first-order valence-corrected chi connectivity index (χ1v) is 7.04. The first-order valence-electron chi connectivity index (χ1n) is 5.49. The SMILES string of the molecule is COCCCc1nnc(S(N)(=O)=O)n1C1CC1. The van der Waals surface area contributed by atoms with Crippen LogP contribution in [0, 0.1) is 0 Å². The van der Waals surface area contributed by atoms with Crippen LogP contribution in [0.1, 0.15) is 31.1 Å². The quantitative estimate of drug-likeness (QED) is 0.716. The summed E-state index contributed by atoms with van der Waals surface area (Å²) < 4.78 is 29.3. The molecule has 1 aliphatic carbocycles. The van der Waals surface area contributed by atoms with E-state index in [1.807, 2.05) is 0 Å². The molecule has 96 valence electrons. The van der Waals surface area contributed by atoms with Crippen LogP contribution in [0.2, 0.25) is 0 Å².